The lowest BCUT2D eigenvalue weighted by atomic mass is 10.2. The summed E-state index contributed by atoms with van der Waals surface area (Å²) in [6, 6.07) is 20.2. The Morgan fingerprint density at radius 1 is 1.06 bits per heavy atom. The summed E-state index contributed by atoms with van der Waals surface area (Å²) in [5.74, 6) is 0.631. The van der Waals surface area contributed by atoms with Gasteiger partial charge in [-0.3, -0.25) is 9.36 Å². The molecule has 0 spiro atoms. The van der Waals surface area contributed by atoms with E-state index in [0.29, 0.717) is 24.1 Å². The lowest BCUT2D eigenvalue weighted by Gasteiger charge is -2.16. The number of hydrogen-bond acceptors (Lipinski definition) is 5. The number of carbonyl (C=O) groups excluding carboxylic acids is 1. The van der Waals surface area contributed by atoms with Gasteiger partial charge in [0.2, 0.25) is 5.91 Å². The van der Waals surface area contributed by atoms with Crippen molar-refractivity contribution in [1.29, 1.82) is 0 Å². The van der Waals surface area contributed by atoms with Crippen LogP contribution in [0.5, 0.6) is 0 Å². The van der Waals surface area contributed by atoms with E-state index in [2.05, 4.69) is 10.2 Å². The first-order valence-electron chi connectivity index (χ1n) is 9.72. The summed E-state index contributed by atoms with van der Waals surface area (Å²) in [4.78, 5) is 15.5. The molecule has 2 heterocycles. The average molecular weight is 453 g/mol. The van der Waals surface area contributed by atoms with Crippen molar-refractivity contribution in [2.24, 2.45) is 0 Å². The zero-order valence-electron chi connectivity index (χ0n) is 16.9. The van der Waals surface area contributed by atoms with E-state index in [0.717, 1.165) is 16.0 Å². The lowest BCUT2D eigenvalue weighted by Crippen LogP contribution is -2.27. The molecule has 2 aromatic heterocycles. The molecule has 31 heavy (non-hydrogen) atoms. The van der Waals surface area contributed by atoms with E-state index in [1.165, 1.54) is 23.9 Å². The van der Waals surface area contributed by atoms with Crippen LogP contribution in [0.4, 0.5) is 4.39 Å². The number of nitrogens with zero attached hydrogens (tertiary/aromatic N) is 4. The van der Waals surface area contributed by atoms with Crippen molar-refractivity contribution in [1.82, 2.24) is 19.7 Å². The van der Waals surface area contributed by atoms with Gasteiger partial charge < -0.3 is 4.90 Å². The van der Waals surface area contributed by atoms with Gasteiger partial charge in [-0.25, -0.2) is 4.39 Å². The molecule has 0 fully saturated rings. The van der Waals surface area contributed by atoms with E-state index in [1.54, 1.807) is 35.4 Å². The Hall–Kier alpha value is -2.97. The van der Waals surface area contributed by atoms with Crippen LogP contribution in [0.2, 0.25) is 0 Å². The summed E-state index contributed by atoms with van der Waals surface area (Å²) in [7, 11) is 1.81. The lowest BCUT2D eigenvalue weighted by molar-refractivity contribution is -0.127. The standard InChI is InChI=1S/C23H21FN4OS2/c1-27(15-20-8-5-13-30-20)21(29)16-31-23-26-25-22(18-9-11-19(24)12-10-18)28(23)14-17-6-3-2-4-7-17/h2-13H,14-16H2,1H3. The molecular formula is C23H21FN4OS2. The highest BCUT2D eigenvalue weighted by atomic mass is 32.2. The van der Waals surface area contributed by atoms with Gasteiger partial charge in [-0.05, 0) is 41.3 Å². The highest BCUT2D eigenvalue weighted by molar-refractivity contribution is 7.99. The van der Waals surface area contributed by atoms with E-state index >= 15 is 0 Å². The van der Waals surface area contributed by atoms with E-state index in [-0.39, 0.29) is 17.5 Å². The largest absolute Gasteiger partial charge is 0.340 e. The molecule has 0 unspecified atom stereocenters. The number of halogens is 1. The number of thioether (sulfide) groups is 1. The second-order valence-corrected chi connectivity index (χ2v) is 8.98. The molecule has 0 saturated carbocycles. The summed E-state index contributed by atoms with van der Waals surface area (Å²) in [6.45, 7) is 1.15. The highest BCUT2D eigenvalue weighted by Gasteiger charge is 2.18. The molecule has 5 nitrogen and oxygen atoms in total. The van der Waals surface area contributed by atoms with Crippen LogP contribution in [0.3, 0.4) is 0 Å². The minimum atomic E-state index is -0.299. The van der Waals surface area contributed by atoms with Crippen molar-refractivity contribution in [3.63, 3.8) is 0 Å². The molecule has 0 aliphatic carbocycles. The Labute approximate surface area is 188 Å². The first kappa shape index (κ1) is 21.3. The molecule has 0 atom stereocenters. The second-order valence-electron chi connectivity index (χ2n) is 7.00. The van der Waals surface area contributed by atoms with Gasteiger partial charge >= 0.3 is 0 Å². The van der Waals surface area contributed by atoms with Crippen molar-refractivity contribution in [3.05, 3.63) is 88.4 Å². The van der Waals surface area contributed by atoms with Gasteiger partial charge in [-0.1, -0.05) is 48.2 Å². The molecule has 0 bridgehead atoms. The summed E-state index contributed by atoms with van der Waals surface area (Å²) in [5.41, 5.74) is 1.87. The third-order valence-corrected chi connectivity index (χ3v) is 6.54. The van der Waals surface area contributed by atoms with Crippen LogP contribution in [0.1, 0.15) is 10.4 Å². The van der Waals surface area contributed by atoms with Crippen LogP contribution in [0, 0.1) is 5.82 Å². The Bertz CT molecular complexity index is 1130. The minimum absolute atomic E-state index is 0.0241. The molecule has 0 radical (unpaired) electrons. The Balaban J connectivity index is 1.53. The maximum Gasteiger partial charge on any atom is 0.233 e. The topological polar surface area (TPSA) is 51.0 Å². The first-order chi connectivity index (χ1) is 15.1. The third-order valence-electron chi connectivity index (χ3n) is 4.73. The molecule has 4 rings (SSSR count). The molecule has 2 aromatic carbocycles. The number of thiophene rings is 1. The fourth-order valence-electron chi connectivity index (χ4n) is 3.08. The van der Waals surface area contributed by atoms with Gasteiger partial charge in [0.25, 0.3) is 0 Å². The number of aromatic nitrogens is 3. The van der Waals surface area contributed by atoms with Crippen molar-refractivity contribution in [3.8, 4) is 11.4 Å². The molecule has 0 aliphatic rings. The van der Waals surface area contributed by atoms with Crippen molar-refractivity contribution < 1.29 is 9.18 Å². The molecule has 8 heteroatoms. The van der Waals surface area contributed by atoms with Gasteiger partial charge in [0.1, 0.15) is 5.82 Å². The van der Waals surface area contributed by atoms with E-state index < -0.39 is 0 Å². The fourth-order valence-corrected chi connectivity index (χ4v) is 4.71. The predicted molar refractivity (Wildman–Crippen MR) is 122 cm³/mol. The van der Waals surface area contributed by atoms with Gasteiger partial charge in [0, 0.05) is 17.5 Å². The number of amides is 1. The fraction of sp³-hybridized carbons (Fsp3) is 0.174. The molecule has 0 saturated heterocycles. The zero-order chi connectivity index (χ0) is 21.6. The molecule has 1 amide bonds. The Morgan fingerprint density at radius 3 is 2.55 bits per heavy atom. The summed E-state index contributed by atoms with van der Waals surface area (Å²) in [6.07, 6.45) is 0. The zero-order valence-corrected chi connectivity index (χ0v) is 18.6. The van der Waals surface area contributed by atoms with E-state index in [4.69, 9.17) is 0 Å². The second kappa shape index (κ2) is 9.89. The smallest absolute Gasteiger partial charge is 0.233 e. The summed E-state index contributed by atoms with van der Waals surface area (Å²) >= 11 is 3.00. The number of rotatable bonds is 8. The number of hydrogen-bond donors (Lipinski definition) is 0. The average Bonchev–Trinajstić information content (AvgIpc) is 3.43. The van der Waals surface area contributed by atoms with Gasteiger partial charge in [0.05, 0.1) is 18.8 Å². The van der Waals surface area contributed by atoms with Gasteiger partial charge in [0.15, 0.2) is 11.0 Å². The molecule has 158 valence electrons. The van der Waals surface area contributed by atoms with Crippen molar-refractivity contribution >= 4 is 29.0 Å². The van der Waals surface area contributed by atoms with Crippen LogP contribution in [0.15, 0.2) is 77.3 Å². The first-order valence-corrected chi connectivity index (χ1v) is 11.6. The molecule has 0 aliphatic heterocycles. The minimum Gasteiger partial charge on any atom is -0.340 e. The monoisotopic (exact) mass is 452 g/mol. The van der Waals surface area contributed by atoms with Crippen LogP contribution in [-0.2, 0) is 17.9 Å². The summed E-state index contributed by atoms with van der Waals surface area (Å²) < 4.78 is 15.4. The Kier molecular flexibility index (Phi) is 6.79. The van der Waals surface area contributed by atoms with Crippen molar-refractivity contribution in [2.45, 2.75) is 18.2 Å². The van der Waals surface area contributed by atoms with Gasteiger partial charge in [-0.15, -0.1) is 21.5 Å². The number of carbonyl (C=O) groups is 1. The van der Waals surface area contributed by atoms with Crippen LogP contribution in [-0.4, -0.2) is 38.4 Å². The van der Waals surface area contributed by atoms with Gasteiger partial charge in [-0.2, -0.15) is 0 Å². The molecule has 4 aromatic rings. The third kappa shape index (κ3) is 5.39. The predicted octanol–water partition coefficient (Wildman–Crippen LogP) is 4.94. The maximum atomic E-state index is 13.4. The number of benzene rings is 2. The van der Waals surface area contributed by atoms with Crippen molar-refractivity contribution in [2.75, 3.05) is 12.8 Å². The quantitative estimate of drug-likeness (QED) is 0.355. The van der Waals surface area contributed by atoms with E-state index in [9.17, 15) is 9.18 Å². The van der Waals surface area contributed by atoms with Crippen LogP contribution in [0.25, 0.3) is 11.4 Å². The van der Waals surface area contributed by atoms with Crippen LogP contribution >= 0.6 is 23.1 Å². The maximum absolute atomic E-state index is 13.4. The molecular weight excluding hydrogens is 431 g/mol. The SMILES string of the molecule is CN(Cc1cccs1)C(=O)CSc1nnc(-c2ccc(F)cc2)n1Cc1ccccc1. The highest BCUT2D eigenvalue weighted by Crippen LogP contribution is 2.26. The van der Waals surface area contributed by atoms with Crippen LogP contribution < -0.4 is 0 Å². The normalized spacial score (nSPS) is 10.9. The molecule has 0 N–H and O–H groups in total. The Morgan fingerprint density at radius 2 is 1.84 bits per heavy atom. The van der Waals surface area contributed by atoms with E-state index in [1.807, 2.05) is 52.4 Å². The summed E-state index contributed by atoms with van der Waals surface area (Å²) in [5, 5.41) is 11.3.